The minimum Gasteiger partial charge on any atom is -0.490 e. The number of hydrogen-bond donors (Lipinski definition) is 1. The standard InChI is InChI=1S/C13H16N2O5.ClH/c1-20-12-5-4-9(7-11(12)15(18)19)8-14-6-2-3-10(14)13(16)17;/h4-5,7,10H,2-3,6,8H2,1H3,(H,16,17);1H. The summed E-state index contributed by atoms with van der Waals surface area (Å²) in [7, 11) is 1.38. The molecule has 1 aromatic carbocycles. The quantitative estimate of drug-likeness (QED) is 0.660. The molecule has 21 heavy (non-hydrogen) atoms. The SMILES string of the molecule is COc1ccc(CN2CCCC2C(=O)O)cc1[N+](=O)[O-].Cl. The number of likely N-dealkylation sites (tertiary alicyclic amines) is 1. The van der Waals surface area contributed by atoms with E-state index in [2.05, 4.69) is 0 Å². The zero-order chi connectivity index (χ0) is 14.7. The molecule has 1 atom stereocenters. The smallest absolute Gasteiger partial charge is 0.320 e. The van der Waals surface area contributed by atoms with Gasteiger partial charge in [0, 0.05) is 12.6 Å². The molecule has 1 aliphatic rings. The highest BCUT2D eigenvalue weighted by molar-refractivity contribution is 5.85. The van der Waals surface area contributed by atoms with Crippen molar-refractivity contribution in [1.29, 1.82) is 0 Å². The van der Waals surface area contributed by atoms with Gasteiger partial charge in [-0.15, -0.1) is 12.4 Å². The summed E-state index contributed by atoms with van der Waals surface area (Å²) in [6.07, 6.45) is 1.45. The molecule has 0 saturated carbocycles. The van der Waals surface area contributed by atoms with E-state index in [1.807, 2.05) is 4.90 Å². The van der Waals surface area contributed by atoms with Crippen LogP contribution in [0.3, 0.4) is 0 Å². The lowest BCUT2D eigenvalue weighted by Gasteiger charge is -2.20. The molecule has 1 unspecified atom stereocenters. The van der Waals surface area contributed by atoms with Crippen molar-refractivity contribution >= 4 is 24.1 Å². The molecule has 1 aliphatic heterocycles. The molecule has 0 aliphatic carbocycles. The first-order valence-corrected chi connectivity index (χ1v) is 6.31. The van der Waals surface area contributed by atoms with Gasteiger partial charge in [0.25, 0.3) is 0 Å². The summed E-state index contributed by atoms with van der Waals surface area (Å²) in [5, 5.41) is 20.1. The molecule has 8 heteroatoms. The lowest BCUT2D eigenvalue weighted by molar-refractivity contribution is -0.385. The highest BCUT2D eigenvalue weighted by Crippen LogP contribution is 2.29. The van der Waals surface area contributed by atoms with Crippen LogP contribution in [0.25, 0.3) is 0 Å². The number of hydrogen-bond acceptors (Lipinski definition) is 5. The van der Waals surface area contributed by atoms with Crippen molar-refractivity contribution in [2.75, 3.05) is 13.7 Å². The Hall–Kier alpha value is -1.86. The molecule has 0 bridgehead atoms. The van der Waals surface area contributed by atoms with Gasteiger partial charge in [-0.3, -0.25) is 19.8 Å². The fourth-order valence-corrected chi connectivity index (χ4v) is 2.51. The van der Waals surface area contributed by atoms with Crippen molar-refractivity contribution in [2.24, 2.45) is 0 Å². The lowest BCUT2D eigenvalue weighted by atomic mass is 10.1. The fourth-order valence-electron chi connectivity index (χ4n) is 2.51. The van der Waals surface area contributed by atoms with Crippen LogP contribution in [0.15, 0.2) is 18.2 Å². The molecular weight excluding hydrogens is 300 g/mol. The number of carbonyl (C=O) groups is 1. The van der Waals surface area contributed by atoms with Crippen molar-refractivity contribution < 1.29 is 19.6 Å². The Morgan fingerprint density at radius 1 is 1.57 bits per heavy atom. The number of carboxylic acid groups (broad SMARTS) is 1. The van der Waals surface area contributed by atoms with Gasteiger partial charge in [-0.05, 0) is 31.0 Å². The van der Waals surface area contributed by atoms with Crippen molar-refractivity contribution in [3.63, 3.8) is 0 Å². The Bertz CT molecular complexity index is 537. The number of rotatable bonds is 5. The average Bonchev–Trinajstić information content (AvgIpc) is 2.87. The molecule has 1 saturated heterocycles. The van der Waals surface area contributed by atoms with Crippen LogP contribution < -0.4 is 4.74 Å². The molecule has 7 nitrogen and oxygen atoms in total. The van der Waals surface area contributed by atoms with Gasteiger partial charge in [-0.2, -0.15) is 0 Å². The fraction of sp³-hybridized carbons (Fsp3) is 0.462. The van der Waals surface area contributed by atoms with Crippen LogP contribution in [-0.4, -0.2) is 40.6 Å². The Kier molecular flexibility index (Phi) is 5.92. The van der Waals surface area contributed by atoms with E-state index in [0.717, 1.165) is 6.42 Å². The number of methoxy groups -OCH3 is 1. The average molecular weight is 317 g/mol. The maximum atomic E-state index is 11.1. The Balaban J connectivity index is 0.00000220. The Morgan fingerprint density at radius 2 is 2.29 bits per heavy atom. The number of halogens is 1. The van der Waals surface area contributed by atoms with Gasteiger partial charge in [0.05, 0.1) is 12.0 Å². The highest BCUT2D eigenvalue weighted by Gasteiger charge is 2.30. The Morgan fingerprint density at radius 3 is 2.86 bits per heavy atom. The van der Waals surface area contributed by atoms with Crippen LogP contribution >= 0.6 is 12.4 Å². The second-order valence-electron chi connectivity index (χ2n) is 4.73. The third-order valence-electron chi connectivity index (χ3n) is 3.47. The van der Waals surface area contributed by atoms with Gasteiger partial charge < -0.3 is 9.84 Å². The summed E-state index contributed by atoms with van der Waals surface area (Å²) in [5.74, 6) is -0.638. The molecule has 1 aromatic rings. The van der Waals surface area contributed by atoms with E-state index in [1.165, 1.54) is 13.2 Å². The number of benzene rings is 1. The van der Waals surface area contributed by atoms with E-state index >= 15 is 0 Å². The van der Waals surface area contributed by atoms with Crippen LogP contribution in [0, 0.1) is 10.1 Å². The summed E-state index contributed by atoms with van der Waals surface area (Å²) in [6.45, 7) is 1.08. The summed E-state index contributed by atoms with van der Waals surface area (Å²) in [4.78, 5) is 23.4. The molecule has 1 heterocycles. The van der Waals surface area contributed by atoms with Crippen LogP contribution in [0.2, 0.25) is 0 Å². The molecule has 2 rings (SSSR count). The topological polar surface area (TPSA) is 92.9 Å². The summed E-state index contributed by atoms with van der Waals surface area (Å²) < 4.78 is 4.94. The van der Waals surface area contributed by atoms with Gasteiger partial charge in [0.15, 0.2) is 5.75 Å². The lowest BCUT2D eigenvalue weighted by Crippen LogP contribution is -2.35. The minimum absolute atomic E-state index is 0. The van der Waals surface area contributed by atoms with E-state index in [-0.39, 0.29) is 23.8 Å². The molecule has 0 radical (unpaired) electrons. The summed E-state index contributed by atoms with van der Waals surface area (Å²) in [6, 6.07) is 4.20. The number of ether oxygens (including phenoxy) is 1. The van der Waals surface area contributed by atoms with Crippen LogP contribution in [-0.2, 0) is 11.3 Å². The maximum absolute atomic E-state index is 11.1. The van der Waals surface area contributed by atoms with Crippen LogP contribution in [0.1, 0.15) is 18.4 Å². The van der Waals surface area contributed by atoms with Crippen molar-refractivity contribution in [3.05, 3.63) is 33.9 Å². The van der Waals surface area contributed by atoms with Gasteiger partial charge in [-0.1, -0.05) is 6.07 Å². The molecule has 0 aromatic heterocycles. The highest BCUT2D eigenvalue weighted by atomic mass is 35.5. The predicted molar refractivity (Wildman–Crippen MR) is 78.0 cm³/mol. The van der Waals surface area contributed by atoms with E-state index in [0.29, 0.717) is 25.1 Å². The number of aliphatic carboxylic acids is 1. The first-order valence-electron chi connectivity index (χ1n) is 6.31. The van der Waals surface area contributed by atoms with Gasteiger partial charge in [-0.25, -0.2) is 0 Å². The molecule has 0 amide bonds. The number of nitro benzene ring substituents is 1. The van der Waals surface area contributed by atoms with Gasteiger partial charge in [0.2, 0.25) is 0 Å². The number of nitrogens with zero attached hydrogens (tertiary/aromatic N) is 2. The Labute approximate surface area is 128 Å². The third-order valence-corrected chi connectivity index (χ3v) is 3.47. The molecule has 1 fully saturated rings. The normalized spacial score (nSPS) is 18.0. The van der Waals surface area contributed by atoms with Gasteiger partial charge in [0.1, 0.15) is 6.04 Å². The molecule has 116 valence electrons. The second-order valence-corrected chi connectivity index (χ2v) is 4.73. The monoisotopic (exact) mass is 316 g/mol. The molecule has 0 spiro atoms. The zero-order valence-corrected chi connectivity index (χ0v) is 12.3. The first kappa shape index (κ1) is 17.2. The van der Waals surface area contributed by atoms with Crippen LogP contribution in [0.5, 0.6) is 5.75 Å². The maximum Gasteiger partial charge on any atom is 0.320 e. The second kappa shape index (κ2) is 7.24. The number of carboxylic acids is 1. The summed E-state index contributed by atoms with van der Waals surface area (Å²) in [5.41, 5.74) is 0.613. The minimum atomic E-state index is -0.842. The van der Waals surface area contributed by atoms with Crippen LogP contribution in [0.4, 0.5) is 5.69 Å². The van der Waals surface area contributed by atoms with Crippen molar-refractivity contribution in [1.82, 2.24) is 4.90 Å². The summed E-state index contributed by atoms with van der Waals surface area (Å²) >= 11 is 0. The van der Waals surface area contributed by atoms with Gasteiger partial charge >= 0.3 is 11.7 Å². The van der Waals surface area contributed by atoms with Crippen molar-refractivity contribution in [3.8, 4) is 5.75 Å². The number of nitro groups is 1. The van der Waals surface area contributed by atoms with E-state index in [1.54, 1.807) is 12.1 Å². The largest absolute Gasteiger partial charge is 0.490 e. The van der Waals surface area contributed by atoms with E-state index < -0.39 is 16.9 Å². The molecule has 1 N–H and O–H groups in total. The van der Waals surface area contributed by atoms with E-state index in [4.69, 9.17) is 9.84 Å². The van der Waals surface area contributed by atoms with Crippen molar-refractivity contribution in [2.45, 2.75) is 25.4 Å². The molecular formula is C13H17ClN2O5. The van der Waals surface area contributed by atoms with E-state index in [9.17, 15) is 14.9 Å². The third kappa shape index (κ3) is 3.83. The first-order chi connectivity index (χ1) is 9.52. The zero-order valence-electron chi connectivity index (χ0n) is 11.5. The predicted octanol–water partition coefficient (Wildman–Crippen LogP) is 2.07.